The normalized spacial score (nSPS) is 9.83. The summed E-state index contributed by atoms with van der Waals surface area (Å²) in [5, 5.41) is 0. The summed E-state index contributed by atoms with van der Waals surface area (Å²) in [4.78, 5) is 19.9. The molecule has 0 aromatic rings. The first-order valence-corrected chi connectivity index (χ1v) is 4.98. The van der Waals surface area contributed by atoms with Crippen LogP contribution in [0, 0.1) is 0 Å². The van der Waals surface area contributed by atoms with Crippen molar-refractivity contribution in [1.29, 1.82) is 0 Å². The predicted octanol–water partition coefficient (Wildman–Crippen LogP) is 0.139. The van der Waals surface area contributed by atoms with Crippen molar-refractivity contribution in [3.63, 3.8) is 0 Å². The molecule has 0 aliphatic carbocycles. The molecule has 38 valence electrons. The van der Waals surface area contributed by atoms with E-state index >= 15 is 0 Å². The van der Waals surface area contributed by atoms with E-state index in [1.165, 1.54) is 0 Å². The Kier molecular flexibility index (Phi) is 3.59. The average molecular weight is 196 g/mol. The van der Waals surface area contributed by atoms with E-state index in [0.717, 1.165) is 0 Å². The third-order valence-corrected chi connectivity index (χ3v) is 1.59. The summed E-state index contributed by atoms with van der Waals surface area (Å²) < 4.78 is 0. The van der Waals surface area contributed by atoms with E-state index in [1.54, 1.807) is 0 Å². The van der Waals surface area contributed by atoms with Gasteiger partial charge in [0.05, 0.1) is 0 Å². The van der Waals surface area contributed by atoms with Crippen molar-refractivity contribution < 1.29 is 24.5 Å². The van der Waals surface area contributed by atoms with Crippen LogP contribution in [-0.2, 0) is 24.5 Å². The van der Waals surface area contributed by atoms with Crippen molar-refractivity contribution >= 4 is 19.5 Å². The fourth-order valence-corrected chi connectivity index (χ4v) is 0.110. The minimum atomic E-state index is -1.98. The fourth-order valence-electron chi connectivity index (χ4n) is 0.0185. The predicted molar refractivity (Wildman–Crippen MR) is 19.4 cm³/mol. The Bertz CT molecular complexity index is 56.6. The Labute approximate surface area is 44.4 Å². The summed E-state index contributed by atoms with van der Waals surface area (Å²) in [5.41, 5.74) is 0. The van der Waals surface area contributed by atoms with Crippen LogP contribution >= 0.6 is 9.69 Å². The molecule has 0 rings (SSSR count). The van der Waals surface area contributed by atoms with Gasteiger partial charge < -0.3 is 0 Å². The van der Waals surface area contributed by atoms with Crippen LogP contribution in [0.3, 0.4) is 0 Å². The van der Waals surface area contributed by atoms with Gasteiger partial charge in [0.2, 0.25) is 0 Å². The number of hydrogen-bond donors (Lipinski definition) is 0. The van der Waals surface area contributed by atoms with Crippen molar-refractivity contribution in [2.24, 2.45) is 0 Å². The van der Waals surface area contributed by atoms with Gasteiger partial charge in [-0.25, -0.2) is 0 Å². The number of carbonyl (C=O) groups excluding carboxylic acids is 2. The van der Waals surface area contributed by atoms with Crippen LogP contribution in [0.4, 0.5) is 0 Å². The number of rotatable bonds is 2. The molecule has 0 spiro atoms. The van der Waals surface area contributed by atoms with Crippen LogP contribution in [0.2, 0.25) is 0 Å². The Hall–Kier alpha value is 0.253. The molecule has 0 aliphatic rings. The zero-order chi connectivity index (χ0) is 4.99. The van der Waals surface area contributed by atoms with Gasteiger partial charge in [-0.05, 0) is 0 Å². The van der Waals surface area contributed by atoms with Crippen LogP contribution < -0.4 is 0 Å². The van der Waals surface area contributed by atoms with Gasteiger partial charge in [-0.1, -0.05) is 0 Å². The first-order valence-electron chi connectivity index (χ1n) is 0.982. The van der Waals surface area contributed by atoms with Crippen LogP contribution in [0.1, 0.15) is 0 Å². The van der Waals surface area contributed by atoms with Crippen molar-refractivity contribution in [1.82, 2.24) is 0 Å². The first-order chi connectivity index (χ1) is 2.81. The summed E-state index contributed by atoms with van der Waals surface area (Å²) in [7, 11) is 5.04. The van der Waals surface area contributed by atoms with E-state index in [-0.39, 0.29) is 0 Å². The molecule has 0 aromatic heterocycles. The molecule has 0 N–H and O–H groups in total. The molecule has 0 aromatic carbocycles. The second-order valence-corrected chi connectivity index (χ2v) is 4.17. The molecule has 0 heterocycles. The Morgan fingerprint density at radius 2 is 1.67 bits per heavy atom. The molecular weight excluding hydrogens is 194 g/mol. The van der Waals surface area contributed by atoms with Crippen LogP contribution in [0.25, 0.3) is 0 Å². The number of halogens is 1. The van der Waals surface area contributed by atoms with E-state index in [4.69, 9.17) is 9.69 Å². The van der Waals surface area contributed by atoms with Gasteiger partial charge in [-0.2, -0.15) is 0 Å². The summed E-state index contributed by atoms with van der Waals surface area (Å²) in [5.74, 6) is 0. The monoisotopic (exact) mass is 196 g/mol. The van der Waals surface area contributed by atoms with Crippen molar-refractivity contribution in [3.8, 4) is 0 Å². The van der Waals surface area contributed by atoms with Gasteiger partial charge >= 0.3 is 44.0 Å². The van der Waals surface area contributed by atoms with Gasteiger partial charge in [0, 0.05) is 0 Å². The topological polar surface area (TPSA) is 34.1 Å². The molecule has 0 fully saturated rings. The molecule has 0 bridgehead atoms. The minimum absolute atomic E-state index is 0.500. The third kappa shape index (κ3) is 2.49. The maximum absolute atomic E-state index is 9.43. The molecule has 0 atom stereocenters. The zero-order valence-corrected chi connectivity index (χ0v) is 5.08. The third-order valence-electron chi connectivity index (χ3n) is 0.150. The van der Waals surface area contributed by atoms with E-state index < -0.39 is 15.0 Å². The molecule has 0 radical (unpaired) electrons. The van der Waals surface area contributed by atoms with E-state index in [9.17, 15) is 9.59 Å². The van der Waals surface area contributed by atoms with E-state index in [2.05, 4.69) is 0 Å². The van der Waals surface area contributed by atoms with Gasteiger partial charge in [-0.3, -0.25) is 0 Å². The number of carbonyl (C=O) groups is 2. The molecular formula is C2H2ClO2Rh. The van der Waals surface area contributed by atoms with E-state index in [1.807, 2.05) is 0 Å². The first kappa shape index (κ1) is 6.25. The molecule has 0 amide bonds. The molecule has 6 heavy (non-hydrogen) atoms. The van der Waals surface area contributed by atoms with E-state index in [0.29, 0.717) is 9.76 Å². The Morgan fingerprint density at radius 1 is 1.33 bits per heavy atom. The number of hydrogen-bond acceptors (Lipinski definition) is 2. The van der Waals surface area contributed by atoms with Crippen LogP contribution in [0.5, 0.6) is 0 Å². The van der Waals surface area contributed by atoms with Crippen molar-refractivity contribution in [2.45, 2.75) is 0 Å². The fraction of sp³-hybridized carbons (Fsp3) is 0. The molecule has 0 saturated heterocycles. The summed E-state index contributed by atoms with van der Waals surface area (Å²) in [6.07, 6.45) is 0. The van der Waals surface area contributed by atoms with Gasteiger partial charge in [0.1, 0.15) is 0 Å². The molecule has 2 nitrogen and oxygen atoms in total. The average Bonchev–Trinajstić information content (AvgIpc) is 1.65. The van der Waals surface area contributed by atoms with Gasteiger partial charge in [0.25, 0.3) is 0 Å². The van der Waals surface area contributed by atoms with Crippen LogP contribution in [-0.4, -0.2) is 9.76 Å². The standard InChI is InChI=1S/2CHO.ClH.Rh/c2*1-2;;/h2*1H;1H;/q;;;+1/p-1. The Balaban J connectivity index is 3.21. The molecule has 0 unspecified atom stereocenters. The Morgan fingerprint density at radius 3 is 1.67 bits per heavy atom. The van der Waals surface area contributed by atoms with Gasteiger partial charge in [-0.15, -0.1) is 0 Å². The SMILES string of the molecule is O=[CH][Rh]([Cl])[CH]=O. The van der Waals surface area contributed by atoms with Crippen molar-refractivity contribution in [2.75, 3.05) is 0 Å². The summed E-state index contributed by atoms with van der Waals surface area (Å²) >= 11 is -1.98. The molecule has 0 saturated carbocycles. The zero-order valence-electron chi connectivity index (χ0n) is 2.68. The summed E-state index contributed by atoms with van der Waals surface area (Å²) in [6, 6.07) is 0. The second kappa shape index (κ2) is 3.44. The van der Waals surface area contributed by atoms with Crippen molar-refractivity contribution in [3.05, 3.63) is 0 Å². The second-order valence-electron chi connectivity index (χ2n) is 0.414. The molecule has 4 heteroatoms. The van der Waals surface area contributed by atoms with Gasteiger partial charge in [0.15, 0.2) is 0 Å². The maximum atomic E-state index is 9.43. The summed E-state index contributed by atoms with van der Waals surface area (Å²) in [6.45, 7) is 0. The van der Waals surface area contributed by atoms with Crippen LogP contribution in [0.15, 0.2) is 0 Å². The molecule has 0 aliphatic heterocycles. The quantitative estimate of drug-likeness (QED) is 0.465.